The Labute approximate surface area is 120 Å². The molecule has 0 saturated heterocycles. The first kappa shape index (κ1) is 14.5. The van der Waals surface area contributed by atoms with Crippen LogP contribution in [0.25, 0.3) is 0 Å². The molecule has 0 bridgehead atoms. The maximum Gasteiger partial charge on any atom is 0.132 e. The van der Waals surface area contributed by atoms with E-state index in [4.69, 9.17) is 5.73 Å². The van der Waals surface area contributed by atoms with Crippen molar-refractivity contribution in [3.8, 4) is 0 Å². The van der Waals surface area contributed by atoms with Crippen LogP contribution < -0.4 is 10.6 Å². The molecule has 0 spiro atoms. The molecule has 0 radical (unpaired) electrons. The molecule has 0 fully saturated rings. The van der Waals surface area contributed by atoms with E-state index in [9.17, 15) is 0 Å². The molecule has 4 heteroatoms. The van der Waals surface area contributed by atoms with Gasteiger partial charge < -0.3 is 10.6 Å². The van der Waals surface area contributed by atoms with E-state index in [1.807, 2.05) is 19.2 Å². The Morgan fingerprint density at radius 3 is 2.60 bits per heavy atom. The predicted octanol–water partition coefficient (Wildman–Crippen LogP) is 2.52. The summed E-state index contributed by atoms with van der Waals surface area (Å²) in [6.07, 6.45) is 3.73. The van der Waals surface area contributed by atoms with E-state index in [1.165, 1.54) is 11.1 Å². The van der Waals surface area contributed by atoms with Crippen molar-refractivity contribution in [1.82, 2.24) is 9.97 Å². The van der Waals surface area contributed by atoms with Gasteiger partial charge in [-0.25, -0.2) is 9.97 Å². The SMILES string of the molecule is CCCc1cc(N(C)Cc2ccccc2CN)ncn1. The molecule has 0 unspecified atom stereocenters. The van der Waals surface area contributed by atoms with Crippen molar-refractivity contribution in [2.75, 3.05) is 11.9 Å². The zero-order valence-corrected chi connectivity index (χ0v) is 12.2. The van der Waals surface area contributed by atoms with Crippen molar-refractivity contribution in [3.05, 3.63) is 53.5 Å². The Morgan fingerprint density at radius 1 is 1.15 bits per heavy atom. The normalized spacial score (nSPS) is 10.6. The Kier molecular flexibility index (Phi) is 5.07. The van der Waals surface area contributed by atoms with Gasteiger partial charge in [-0.1, -0.05) is 37.6 Å². The summed E-state index contributed by atoms with van der Waals surface area (Å²) in [7, 11) is 2.05. The fourth-order valence-corrected chi connectivity index (χ4v) is 2.23. The molecule has 1 heterocycles. The van der Waals surface area contributed by atoms with Crippen LogP contribution in [0.1, 0.15) is 30.2 Å². The molecule has 1 aromatic carbocycles. The fraction of sp³-hybridized carbons (Fsp3) is 0.375. The van der Waals surface area contributed by atoms with Gasteiger partial charge >= 0.3 is 0 Å². The first-order valence-corrected chi connectivity index (χ1v) is 7.03. The third-order valence-electron chi connectivity index (χ3n) is 3.35. The Bertz CT molecular complexity index is 554. The molecular formula is C16H22N4. The van der Waals surface area contributed by atoms with Crippen LogP contribution in [0.2, 0.25) is 0 Å². The minimum atomic E-state index is 0.564. The lowest BCUT2D eigenvalue weighted by atomic mass is 10.1. The molecule has 1 aromatic heterocycles. The summed E-state index contributed by atoms with van der Waals surface area (Å²) >= 11 is 0. The summed E-state index contributed by atoms with van der Waals surface area (Å²) in [6, 6.07) is 10.3. The van der Waals surface area contributed by atoms with Gasteiger partial charge in [0, 0.05) is 31.9 Å². The molecule has 2 N–H and O–H groups in total. The highest BCUT2D eigenvalue weighted by Gasteiger charge is 2.07. The molecule has 20 heavy (non-hydrogen) atoms. The van der Waals surface area contributed by atoms with Gasteiger partial charge in [-0.15, -0.1) is 0 Å². The molecule has 0 amide bonds. The first-order chi connectivity index (χ1) is 9.74. The third-order valence-corrected chi connectivity index (χ3v) is 3.35. The highest BCUT2D eigenvalue weighted by atomic mass is 15.2. The van der Waals surface area contributed by atoms with Crippen molar-refractivity contribution in [2.45, 2.75) is 32.9 Å². The summed E-state index contributed by atoms with van der Waals surface area (Å²) in [4.78, 5) is 10.8. The molecule has 0 aliphatic carbocycles. The quantitative estimate of drug-likeness (QED) is 0.876. The van der Waals surface area contributed by atoms with Crippen LogP contribution in [-0.4, -0.2) is 17.0 Å². The minimum Gasteiger partial charge on any atom is -0.355 e. The smallest absolute Gasteiger partial charge is 0.132 e. The predicted molar refractivity (Wildman–Crippen MR) is 82.5 cm³/mol. The van der Waals surface area contributed by atoms with Crippen LogP contribution >= 0.6 is 0 Å². The number of nitrogens with two attached hydrogens (primary N) is 1. The molecule has 0 aliphatic heterocycles. The zero-order valence-electron chi connectivity index (χ0n) is 12.2. The van der Waals surface area contributed by atoms with Crippen LogP contribution in [0, 0.1) is 0 Å². The summed E-state index contributed by atoms with van der Waals surface area (Å²) in [5.74, 6) is 0.954. The average Bonchev–Trinajstić information content (AvgIpc) is 2.48. The lowest BCUT2D eigenvalue weighted by Gasteiger charge is -2.20. The topological polar surface area (TPSA) is 55.0 Å². The lowest BCUT2D eigenvalue weighted by Crippen LogP contribution is -2.19. The Balaban J connectivity index is 2.15. The van der Waals surface area contributed by atoms with Gasteiger partial charge in [0.25, 0.3) is 0 Å². The van der Waals surface area contributed by atoms with Crippen molar-refractivity contribution >= 4 is 5.82 Å². The maximum atomic E-state index is 5.78. The first-order valence-electron chi connectivity index (χ1n) is 7.03. The van der Waals surface area contributed by atoms with Crippen molar-refractivity contribution in [2.24, 2.45) is 5.73 Å². The van der Waals surface area contributed by atoms with Crippen molar-refractivity contribution < 1.29 is 0 Å². The van der Waals surface area contributed by atoms with Crippen molar-refractivity contribution in [1.29, 1.82) is 0 Å². The molecule has 2 rings (SSSR count). The van der Waals surface area contributed by atoms with Crippen LogP contribution in [0.3, 0.4) is 0 Å². The number of hydrogen-bond acceptors (Lipinski definition) is 4. The number of nitrogens with zero attached hydrogens (tertiary/aromatic N) is 3. The van der Waals surface area contributed by atoms with E-state index in [-0.39, 0.29) is 0 Å². The number of hydrogen-bond donors (Lipinski definition) is 1. The number of aryl methyl sites for hydroxylation is 1. The van der Waals surface area contributed by atoms with Crippen LogP contribution in [0.4, 0.5) is 5.82 Å². The molecule has 0 aliphatic rings. The van der Waals surface area contributed by atoms with Gasteiger partial charge in [-0.3, -0.25) is 0 Å². The van der Waals surface area contributed by atoms with E-state index in [0.717, 1.165) is 30.9 Å². The second-order valence-electron chi connectivity index (χ2n) is 4.95. The third kappa shape index (κ3) is 3.54. The second kappa shape index (κ2) is 7.01. The lowest BCUT2D eigenvalue weighted by molar-refractivity contribution is 0.840. The zero-order chi connectivity index (χ0) is 14.4. The molecular weight excluding hydrogens is 248 g/mol. The Hall–Kier alpha value is -1.94. The number of rotatable bonds is 6. The van der Waals surface area contributed by atoms with Gasteiger partial charge in [0.2, 0.25) is 0 Å². The highest BCUT2D eigenvalue weighted by molar-refractivity contribution is 5.40. The van der Waals surface area contributed by atoms with Crippen LogP contribution in [0.5, 0.6) is 0 Å². The van der Waals surface area contributed by atoms with E-state index < -0.39 is 0 Å². The van der Waals surface area contributed by atoms with E-state index >= 15 is 0 Å². The largest absolute Gasteiger partial charge is 0.355 e. The molecule has 4 nitrogen and oxygen atoms in total. The summed E-state index contributed by atoms with van der Waals surface area (Å²) in [6.45, 7) is 3.52. The van der Waals surface area contributed by atoms with Crippen LogP contribution in [-0.2, 0) is 19.5 Å². The van der Waals surface area contributed by atoms with Gasteiger partial charge in [0.05, 0.1) is 0 Å². The van der Waals surface area contributed by atoms with Gasteiger partial charge in [-0.05, 0) is 17.5 Å². The Morgan fingerprint density at radius 2 is 1.90 bits per heavy atom. The maximum absolute atomic E-state index is 5.78. The number of aromatic nitrogens is 2. The van der Waals surface area contributed by atoms with Crippen molar-refractivity contribution in [3.63, 3.8) is 0 Å². The molecule has 0 atom stereocenters. The average molecular weight is 270 g/mol. The summed E-state index contributed by atoms with van der Waals surface area (Å²) in [5, 5.41) is 0. The van der Waals surface area contributed by atoms with E-state index in [1.54, 1.807) is 6.33 Å². The second-order valence-corrected chi connectivity index (χ2v) is 4.95. The molecule has 106 valence electrons. The summed E-state index contributed by atoms with van der Waals surface area (Å²) in [5.41, 5.74) is 9.30. The highest BCUT2D eigenvalue weighted by Crippen LogP contribution is 2.16. The van der Waals surface area contributed by atoms with Gasteiger partial charge in [-0.2, -0.15) is 0 Å². The van der Waals surface area contributed by atoms with Gasteiger partial charge in [0.15, 0.2) is 0 Å². The summed E-state index contributed by atoms with van der Waals surface area (Å²) < 4.78 is 0. The monoisotopic (exact) mass is 270 g/mol. The molecule has 2 aromatic rings. The van der Waals surface area contributed by atoms with E-state index in [2.05, 4.69) is 40.0 Å². The standard InChI is InChI=1S/C16H22N4/c1-3-6-15-9-16(19-12-18-15)20(2)11-14-8-5-4-7-13(14)10-17/h4-5,7-9,12H,3,6,10-11,17H2,1-2H3. The fourth-order valence-electron chi connectivity index (χ4n) is 2.23. The van der Waals surface area contributed by atoms with Crippen LogP contribution in [0.15, 0.2) is 36.7 Å². The van der Waals surface area contributed by atoms with E-state index in [0.29, 0.717) is 6.54 Å². The number of benzene rings is 1. The van der Waals surface area contributed by atoms with Gasteiger partial charge in [0.1, 0.15) is 12.1 Å². The molecule has 0 saturated carbocycles. The minimum absolute atomic E-state index is 0.564. The number of anilines is 1.